The van der Waals surface area contributed by atoms with Crippen LogP contribution in [0.4, 0.5) is 0 Å². The molecule has 0 saturated heterocycles. The van der Waals surface area contributed by atoms with Gasteiger partial charge in [0.15, 0.2) is 5.75 Å². The third kappa shape index (κ3) is 4.28. The normalized spacial score (nSPS) is 10.2. The molecule has 1 heterocycles. The Morgan fingerprint density at radius 3 is 2.33 bits per heavy atom. The number of hydrogen-bond donors (Lipinski definition) is 0. The van der Waals surface area contributed by atoms with Crippen molar-refractivity contribution in [1.82, 2.24) is 4.98 Å². The van der Waals surface area contributed by atoms with Crippen LogP contribution < -0.4 is 14.2 Å². The maximum atomic E-state index is 6.07. The van der Waals surface area contributed by atoms with E-state index in [1.165, 1.54) is 5.57 Å². The summed E-state index contributed by atoms with van der Waals surface area (Å²) in [6.07, 6.45) is 2.87. The summed E-state index contributed by atoms with van der Waals surface area (Å²) in [5.74, 6) is 1.67. The Kier molecular flexibility index (Phi) is 6.24. The summed E-state index contributed by atoms with van der Waals surface area (Å²) in [5.41, 5.74) is 4.25. The van der Waals surface area contributed by atoms with Crippen LogP contribution in [-0.4, -0.2) is 19.2 Å². The molecule has 1 aromatic heterocycles. The standard InChI is InChI=1S/C20H25NO3/c1-14(2)11-12-17-15(3)18(19(22-4)20(21-17)23-5)24-13-16-9-7-6-8-10-16/h6-11H,12-13H2,1-5H3. The summed E-state index contributed by atoms with van der Waals surface area (Å²) in [5, 5.41) is 0. The van der Waals surface area contributed by atoms with Gasteiger partial charge in [0, 0.05) is 12.0 Å². The van der Waals surface area contributed by atoms with Crippen molar-refractivity contribution in [2.24, 2.45) is 0 Å². The van der Waals surface area contributed by atoms with Crippen molar-refractivity contribution in [3.05, 3.63) is 58.8 Å². The van der Waals surface area contributed by atoms with E-state index in [0.717, 1.165) is 23.2 Å². The van der Waals surface area contributed by atoms with Crippen LogP contribution in [0.2, 0.25) is 0 Å². The van der Waals surface area contributed by atoms with Crippen molar-refractivity contribution >= 4 is 0 Å². The fourth-order valence-corrected chi connectivity index (χ4v) is 2.38. The summed E-state index contributed by atoms with van der Waals surface area (Å²) in [4.78, 5) is 4.58. The minimum atomic E-state index is 0.448. The van der Waals surface area contributed by atoms with E-state index >= 15 is 0 Å². The topological polar surface area (TPSA) is 40.6 Å². The number of aromatic nitrogens is 1. The second-order valence-corrected chi connectivity index (χ2v) is 5.82. The van der Waals surface area contributed by atoms with Crippen molar-refractivity contribution in [2.45, 2.75) is 33.8 Å². The van der Waals surface area contributed by atoms with Crippen molar-refractivity contribution in [3.63, 3.8) is 0 Å². The van der Waals surface area contributed by atoms with Crippen LogP contribution in [0.15, 0.2) is 42.0 Å². The Morgan fingerprint density at radius 1 is 1.04 bits per heavy atom. The fourth-order valence-electron chi connectivity index (χ4n) is 2.38. The van der Waals surface area contributed by atoms with E-state index in [1.54, 1.807) is 14.2 Å². The number of methoxy groups -OCH3 is 2. The minimum absolute atomic E-state index is 0.448. The van der Waals surface area contributed by atoms with Gasteiger partial charge in [-0.3, -0.25) is 0 Å². The Morgan fingerprint density at radius 2 is 1.75 bits per heavy atom. The number of ether oxygens (including phenoxy) is 3. The van der Waals surface area contributed by atoms with E-state index in [0.29, 0.717) is 24.0 Å². The number of rotatable bonds is 7. The molecular weight excluding hydrogens is 302 g/mol. The second kappa shape index (κ2) is 8.39. The molecular formula is C20H25NO3. The molecule has 0 N–H and O–H groups in total. The van der Waals surface area contributed by atoms with Crippen molar-refractivity contribution in [1.29, 1.82) is 0 Å². The predicted molar refractivity (Wildman–Crippen MR) is 96.0 cm³/mol. The van der Waals surface area contributed by atoms with E-state index in [4.69, 9.17) is 14.2 Å². The molecule has 128 valence electrons. The molecule has 0 amide bonds. The zero-order chi connectivity index (χ0) is 17.5. The average molecular weight is 327 g/mol. The number of pyridine rings is 1. The first-order valence-corrected chi connectivity index (χ1v) is 7.98. The second-order valence-electron chi connectivity index (χ2n) is 5.82. The molecule has 24 heavy (non-hydrogen) atoms. The third-order valence-corrected chi connectivity index (χ3v) is 3.74. The van der Waals surface area contributed by atoms with E-state index in [-0.39, 0.29) is 0 Å². The molecule has 0 aliphatic heterocycles. The van der Waals surface area contributed by atoms with Gasteiger partial charge in [-0.2, -0.15) is 0 Å². The van der Waals surface area contributed by atoms with Crippen LogP contribution in [0.25, 0.3) is 0 Å². The lowest BCUT2D eigenvalue weighted by molar-refractivity contribution is 0.269. The van der Waals surface area contributed by atoms with Crippen LogP contribution in [0.5, 0.6) is 17.4 Å². The molecule has 0 atom stereocenters. The summed E-state index contributed by atoms with van der Waals surface area (Å²) >= 11 is 0. The van der Waals surface area contributed by atoms with Crippen LogP contribution in [-0.2, 0) is 13.0 Å². The lowest BCUT2D eigenvalue weighted by atomic mass is 10.1. The average Bonchev–Trinajstić information content (AvgIpc) is 2.59. The Bertz CT molecular complexity index is 705. The zero-order valence-corrected chi connectivity index (χ0v) is 15.1. The smallest absolute Gasteiger partial charge is 0.261 e. The largest absolute Gasteiger partial charge is 0.489 e. The van der Waals surface area contributed by atoms with Gasteiger partial charge in [0.2, 0.25) is 5.75 Å². The van der Waals surface area contributed by atoms with E-state index < -0.39 is 0 Å². The van der Waals surface area contributed by atoms with Crippen molar-refractivity contribution < 1.29 is 14.2 Å². The highest BCUT2D eigenvalue weighted by molar-refractivity contribution is 5.54. The lowest BCUT2D eigenvalue weighted by Gasteiger charge is -2.18. The maximum Gasteiger partial charge on any atom is 0.261 e. The molecule has 0 bridgehead atoms. The highest BCUT2D eigenvalue weighted by Crippen LogP contribution is 2.40. The molecule has 1 aromatic carbocycles. The summed E-state index contributed by atoms with van der Waals surface area (Å²) in [6.45, 7) is 6.61. The molecule has 0 fully saturated rings. The van der Waals surface area contributed by atoms with Gasteiger partial charge in [-0.05, 0) is 26.3 Å². The van der Waals surface area contributed by atoms with Crippen molar-refractivity contribution in [2.75, 3.05) is 14.2 Å². The van der Waals surface area contributed by atoms with Gasteiger partial charge in [-0.25, -0.2) is 4.98 Å². The summed E-state index contributed by atoms with van der Waals surface area (Å²) in [6, 6.07) is 10.0. The first-order chi connectivity index (χ1) is 11.6. The van der Waals surface area contributed by atoms with E-state index in [1.807, 2.05) is 37.3 Å². The van der Waals surface area contributed by atoms with Crippen molar-refractivity contribution in [3.8, 4) is 17.4 Å². The predicted octanol–water partition coefficient (Wildman–Crippen LogP) is 4.49. The van der Waals surface area contributed by atoms with Gasteiger partial charge in [-0.1, -0.05) is 42.0 Å². The SMILES string of the molecule is COc1nc(CC=C(C)C)c(C)c(OCc2ccccc2)c1OC. The van der Waals surface area contributed by atoms with Crippen LogP contribution in [0, 0.1) is 6.92 Å². The minimum Gasteiger partial charge on any atom is -0.489 e. The third-order valence-electron chi connectivity index (χ3n) is 3.74. The van der Waals surface area contributed by atoms with Crippen LogP contribution in [0.3, 0.4) is 0 Å². The molecule has 4 heteroatoms. The lowest BCUT2D eigenvalue weighted by Crippen LogP contribution is -2.06. The monoisotopic (exact) mass is 327 g/mol. The zero-order valence-electron chi connectivity index (χ0n) is 15.1. The molecule has 2 rings (SSSR count). The Hall–Kier alpha value is -2.49. The number of benzene rings is 1. The first-order valence-electron chi connectivity index (χ1n) is 7.98. The number of nitrogens with zero attached hydrogens (tertiary/aromatic N) is 1. The molecule has 0 unspecified atom stereocenters. The van der Waals surface area contributed by atoms with Gasteiger partial charge >= 0.3 is 0 Å². The summed E-state index contributed by atoms with van der Waals surface area (Å²) < 4.78 is 17.0. The van der Waals surface area contributed by atoms with E-state index in [2.05, 4.69) is 24.9 Å². The quantitative estimate of drug-likeness (QED) is 0.702. The van der Waals surface area contributed by atoms with Gasteiger partial charge in [0.05, 0.1) is 19.9 Å². The highest BCUT2D eigenvalue weighted by Gasteiger charge is 2.20. The number of hydrogen-bond acceptors (Lipinski definition) is 4. The molecule has 0 aliphatic carbocycles. The molecule has 0 saturated carbocycles. The van der Waals surface area contributed by atoms with Gasteiger partial charge in [-0.15, -0.1) is 0 Å². The molecule has 0 spiro atoms. The molecule has 0 radical (unpaired) electrons. The Balaban J connectivity index is 2.38. The number of allylic oxidation sites excluding steroid dienone is 2. The Labute approximate surface area is 144 Å². The van der Waals surface area contributed by atoms with E-state index in [9.17, 15) is 0 Å². The van der Waals surface area contributed by atoms with Gasteiger partial charge < -0.3 is 14.2 Å². The summed E-state index contributed by atoms with van der Waals surface area (Å²) in [7, 11) is 3.19. The highest BCUT2D eigenvalue weighted by atomic mass is 16.5. The van der Waals surface area contributed by atoms with Crippen LogP contribution >= 0.6 is 0 Å². The molecule has 0 aliphatic rings. The van der Waals surface area contributed by atoms with Gasteiger partial charge in [0.25, 0.3) is 5.88 Å². The molecule has 4 nitrogen and oxygen atoms in total. The molecule has 2 aromatic rings. The first kappa shape index (κ1) is 17.9. The maximum absolute atomic E-state index is 6.07. The van der Waals surface area contributed by atoms with Crippen LogP contribution in [0.1, 0.15) is 30.7 Å². The van der Waals surface area contributed by atoms with Gasteiger partial charge in [0.1, 0.15) is 6.61 Å². The fraction of sp³-hybridized carbons (Fsp3) is 0.350.